The molecule has 3 rings (SSSR count). The fraction of sp³-hybridized carbons (Fsp3) is 0.444. The number of nitrogens with zero attached hydrogens (tertiary/aromatic N) is 1. The van der Waals surface area contributed by atoms with Crippen LogP contribution in [0.4, 0.5) is 5.69 Å². The van der Waals surface area contributed by atoms with Crippen LogP contribution in [0.25, 0.3) is 10.8 Å². The van der Waals surface area contributed by atoms with E-state index in [9.17, 15) is 23.7 Å². The Balaban J connectivity index is 1.86. The van der Waals surface area contributed by atoms with Crippen LogP contribution in [0, 0.1) is 0 Å². The first kappa shape index (κ1) is 20.0. The van der Waals surface area contributed by atoms with Gasteiger partial charge in [-0.15, -0.1) is 0 Å². The summed E-state index contributed by atoms with van der Waals surface area (Å²) >= 11 is 0. The lowest BCUT2D eigenvalue weighted by atomic mass is 9.96. The number of hydrogen-bond acceptors (Lipinski definition) is 7. The number of fused-ring (bicyclic) bond motifs is 1. The van der Waals surface area contributed by atoms with Gasteiger partial charge < -0.3 is 25.5 Å². The van der Waals surface area contributed by atoms with Crippen molar-refractivity contribution in [2.75, 3.05) is 32.1 Å². The van der Waals surface area contributed by atoms with E-state index in [1.54, 1.807) is 18.2 Å². The summed E-state index contributed by atoms with van der Waals surface area (Å²) in [7, 11) is -0.0611. The summed E-state index contributed by atoms with van der Waals surface area (Å²) in [5, 5.41) is 33.6. The molecule has 1 aliphatic rings. The van der Waals surface area contributed by atoms with Crippen LogP contribution >= 0.6 is 0 Å². The lowest BCUT2D eigenvalue weighted by molar-refractivity contribution is -0.0928. The quantitative estimate of drug-likeness (QED) is 0.451. The molecule has 9 heteroatoms. The number of β-amino-alcohol motifs (C(OH)–C–C–N with tert-alkyl or cyclic N) is 1. The van der Waals surface area contributed by atoms with Crippen molar-refractivity contribution in [2.24, 2.45) is 0 Å². The van der Waals surface area contributed by atoms with E-state index in [1.165, 1.54) is 6.07 Å². The van der Waals surface area contributed by atoms with Gasteiger partial charge in [0.05, 0.1) is 17.1 Å². The third-order valence-electron chi connectivity index (χ3n) is 4.87. The summed E-state index contributed by atoms with van der Waals surface area (Å²) in [5.41, 5.74) is 0.908. The van der Waals surface area contributed by atoms with Crippen LogP contribution in [0.5, 0.6) is 0 Å². The second-order valence-corrected chi connectivity index (χ2v) is 8.67. The van der Waals surface area contributed by atoms with Crippen molar-refractivity contribution in [1.82, 2.24) is 10.0 Å². The second kappa shape index (κ2) is 7.70. The van der Waals surface area contributed by atoms with Gasteiger partial charge in [-0.1, -0.05) is 24.3 Å². The predicted octanol–water partition coefficient (Wildman–Crippen LogP) is -0.761. The van der Waals surface area contributed by atoms with Crippen molar-refractivity contribution in [3.63, 3.8) is 0 Å². The van der Waals surface area contributed by atoms with E-state index >= 15 is 0 Å². The van der Waals surface area contributed by atoms with Crippen molar-refractivity contribution >= 4 is 26.5 Å². The third-order valence-corrected chi connectivity index (χ3v) is 6.35. The molecule has 1 aliphatic heterocycles. The van der Waals surface area contributed by atoms with E-state index in [0.29, 0.717) is 5.39 Å². The molecule has 5 N–H and O–H groups in total. The Kier molecular flexibility index (Phi) is 5.71. The Morgan fingerprint density at radius 3 is 2.44 bits per heavy atom. The molecule has 1 fully saturated rings. The molecule has 4 atom stereocenters. The summed E-state index contributed by atoms with van der Waals surface area (Å²) in [6.07, 6.45) is -3.68. The Bertz CT molecular complexity index is 918. The molecular formula is C18H25N3O5S. The number of rotatable bonds is 5. The maximum Gasteiger partial charge on any atom is 0.241 e. The summed E-state index contributed by atoms with van der Waals surface area (Å²) in [6.45, 7) is -0.0396. The van der Waals surface area contributed by atoms with Crippen LogP contribution in [0.2, 0.25) is 0 Å². The van der Waals surface area contributed by atoms with Gasteiger partial charge >= 0.3 is 0 Å². The molecule has 2 aromatic carbocycles. The van der Waals surface area contributed by atoms with E-state index in [-0.39, 0.29) is 18.0 Å². The van der Waals surface area contributed by atoms with Gasteiger partial charge in [-0.25, -0.2) is 13.1 Å². The molecule has 0 saturated carbocycles. The number of sulfonamides is 1. The average molecular weight is 395 g/mol. The van der Waals surface area contributed by atoms with Crippen LogP contribution < -0.4 is 14.9 Å². The van der Waals surface area contributed by atoms with Gasteiger partial charge in [0.25, 0.3) is 0 Å². The molecule has 0 amide bonds. The first-order valence-corrected chi connectivity index (χ1v) is 10.2. The Morgan fingerprint density at radius 1 is 1.07 bits per heavy atom. The monoisotopic (exact) mass is 395 g/mol. The summed E-state index contributed by atoms with van der Waals surface area (Å²) in [4.78, 5) is 2.07. The minimum Gasteiger partial charge on any atom is -0.389 e. The normalized spacial score (nSPS) is 26.3. The van der Waals surface area contributed by atoms with E-state index in [0.717, 1.165) is 11.1 Å². The molecule has 0 aromatic heterocycles. The zero-order chi connectivity index (χ0) is 19.8. The molecule has 0 radical (unpaired) electrons. The van der Waals surface area contributed by atoms with Gasteiger partial charge in [0.1, 0.15) is 6.10 Å². The average Bonchev–Trinajstić information content (AvgIpc) is 2.64. The van der Waals surface area contributed by atoms with Gasteiger partial charge in [-0.3, -0.25) is 0 Å². The molecule has 0 bridgehead atoms. The fourth-order valence-electron chi connectivity index (χ4n) is 3.34. The van der Waals surface area contributed by atoms with Crippen LogP contribution in [-0.2, 0) is 10.0 Å². The highest BCUT2D eigenvalue weighted by atomic mass is 32.2. The van der Waals surface area contributed by atoms with E-state index < -0.39 is 34.4 Å². The molecule has 1 heterocycles. The zero-order valence-corrected chi connectivity index (χ0v) is 16.0. The lowest BCUT2D eigenvalue weighted by Gasteiger charge is -2.36. The largest absolute Gasteiger partial charge is 0.389 e. The number of nitrogens with one attached hydrogen (secondary N) is 2. The van der Waals surface area contributed by atoms with Crippen LogP contribution in [0.1, 0.15) is 0 Å². The van der Waals surface area contributed by atoms with Gasteiger partial charge in [-0.2, -0.15) is 0 Å². The molecule has 8 nitrogen and oxygen atoms in total. The SMILES string of the molecule is CN(C)c1cccc2c(S(=O)(=O)NC[C@H]3NC[C@@H](O)[C@H](O)[C@H]3O)cccc12. The van der Waals surface area contributed by atoms with E-state index in [4.69, 9.17) is 0 Å². The van der Waals surface area contributed by atoms with Crippen molar-refractivity contribution in [3.05, 3.63) is 36.4 Å². The highest BCUT2D eigenvalue weighted by Gasteiger charge is 2.36. The standard InChI is InChI=1S/C18H25N3O5S/c1-21(2)14-7-3-6-12-11(14)5-4-8-16(12)27(25,26)20-9-13-17(23)18(24)15(22)10-19-13/h3-8,13,15,17-20,22-24H,9-10H2,1-2H3/t13-,15-,17+,18+/m1/s1. The number of aliphatic hydroxyl groups excluding tert-OH is 3. The minimum atomic E-state index is -3.85. The van der Waals surface area contributed by atoms with E-state index in [2.05, 4.69) is 10.0 Å². The highest BCUT2D eigenvalue weighted by Crippen LogP contribution is 2.30. The first-order valence-electron chi connectivity index (χ1n) is 8.68. The number of piperidine rings is 1. The third kappa shape index (κ3) is 3.93. The molecule has 148 valence electrons. The Labute approximate surface area is 158 Å². The zero-order valence-electron chi connectivity index (χ0n) is 15.2. The number of hydrogen-bond donors (Lipinski definition) is 5. The fourth-order valence-corrected chi connectivity index (χ4v) is 4.62. The number of anilines is 1. The highest BCUT2D eigenvalue weighted by molar-refractivity contribution is 7.89. The molecule has 0 aliphatic carbocycles. The summed E-state index contributed by atoms with van der Waals surface area (Å²) in [5.74, 6) is 0. The van der Waals surface area contributed by atoms with Crippen molar-refractivity contribution < 1.29 is 23.7 Å². The van der Waals surface area contributed by atoms with Crippen molar-refractivity contribution in [1.29, 1.82) is 0 Å². The van der Waals surface area contributed by atoms with Crippen molar-refractivity contribution in [2.45, 2.75) is 29.2 Å². The summed E-state index contributed by atoms with van der Waals surface area (Å²) in [6, 6.07) is 9.87. The molecule has 0 unspecified atom stereocenters. The van der Waals surface area contributed by atoms with Gasteiger partial charge in [0, 0.05) is 49.7 Å². The maximum atomic E-state index is 12.9. The van der Waals surface area contributed by atoms with Gasteiger partial charge in [0.2, 0.25) is 10.0 Å². The molecule has 2 aromatic rings. The number of aliphatic hydroxyl groups is 3. The molecule has 1 saturated heterocycles. The molecular weight excluding hydrogens is 370 g/mol. The minimum absolute atomic E-state index is 0.0745. The Hall–Kier alpha value is -1.75. The van der Waals surface area contributed by atoms with Gasteiger partial charge in [0.15, 0.2) is 0 Å². The summed E-state index contributed by atoms with van der Waals surface area (Å²) < 4.78 is 28.2. The molecule has 27 heavy (non-hydrogen) atoms. The smallest absolute Gasteiger partial charge is 0.241 e. The maximum absolute atomic E-state index is 12.9. The van der Waals surface area contributed by atoms with E-state index in [1.807, 2.05) is 31.1 Å². The molecule has 0 spiro atoms. The van der Waals surface area contributed by atoms with Crippen LogP contribution in [0.15, 0.2) is 41.3 Å². The predicted molar refractivity (Wildman–Crippen MR) is 103 cm³/mol. The lowest BCUT2D eigenvalue weighted by Crippen LogP contribution is -2.62. The van der Waals surface area contributed by atoms with Crippen LogP contribution in [-0.4, -0.2) is 75.3 Å². The van der Waals surface area contributed by atoms with Gasteiger partial charge in [-0.05, 0) is 12.1 Å². The topological polar surface area (TPSA) is 122 Å². The first-order chi connectivity index (χ1) is 12.7. The second-order valence-electron chi connectivity index (χ2n) is 6.94. The number of benzene rings is 2. The van der Waals surface area contributed by atoms with Crippen LogP contribution in [0.3, 0.4) is 0 Å². The Morgan fingerprint density at radius 2 is 1.74 bits per heavy atom. The van der Waals surface area contributed by atoms with Crippen molar-refractivity contribution in [3.8, 4) is 0 Å².